The fourth-order valence-electron chi connectivity index (χ4n) is 1.54. The lowest BCUT2D eigenvalue weighted by Crippen LogP contribution is -2.52. The molecule has 3 nitrogen and oxygen atoms in total. The Kier molecular flexibility index (Phi) is 2.41. The summed E-state index contributed by atoms with van der Waals surface area (Å²) in [6.45, 7) is 3.60. The van der Waals surface area contributed by atoms with Crippen molar-refractivity contribution in [1.29, 1.82) is 0 Å². The molecule has 0 aromatic heterocycles. The van der Waals surface area contributed by atoms with Crippen LogP contribution in [0.1, 0.15) is 12.8 Å². The van der Waals surface area contributed by atoms with Crippen molar-refractivity contribution in [1.82, 2.24) is 5.32 Å². The zero-order valence-electron chi connectivity index (χ0n) is 6.71. The van der Waals surface area contributed by atoms with Gasteiger partial charge in [-0.1, -0.05) is 0 Å². The molecular formula is C8H15NO2. The van der Waals surface area contributed by atoms with E-state index < -0.39 is 0 Å². The summed E-state index contributed by atoms with van der Waals surface area (Å²) in [6, 6.07) is 1.18. The number of nitrogens with one attached hydrogen (secondary N) is 1. The second-order valence-electron chi connectivity index (χ2n) is 3.32. The number of hydrogen-bond donors (Lipinski definition) is 1. The third-order valence-electron chi connectivity index (χ3n) is 2.27. The van der Waals surface area contributed by atoms with Gasteiger partial charge in [0.2, 0.25) is 0 Å². The second-order valence-corrected chi connectivity index (χ2v) is 3.32. The molecule has 64 valence electrons. The highest BCUT2D eigenvalue weighted by molar-refractivity contribution is 4.79. The van der Waals surface area contributed by atoms with Crippen LogP contribution < -0.4 is 5.32 Å². The molecule has 2 aliphatic rings. The van der Waals surface area contributed by atoms with E-state index in [-0.39, 0.29) is 0 Å². The SMILES string of the molecule is C1COCC(NC2COC2)C1. The quantitative estimate of drug-likeness (QED) is 0.619. The minimum Gasteiger partial charge on any atom is -0.380 e. The molecule has 2 heterocycles. The molecule has 0 aromatic carbocycles. The van der Waals surface area contributed by atoms with E-state index in [1.807, 2.05) is 0 Å². The van der Waals surface area contributed by atoms with Gasteiger partial charge in [0.05, 0.1) is 25.9 Å². The van der Waals surface area contributed by atoms with Crippen molar-refractivity contribution in [2.75, 3.05) is 26.4 Å². The highest BCUT2D eigenvalue weighted by Crippen LogP contribution is 2.09. The Bertz CT molecular complexity index is 119. The van der Waals surface area contributed by atoms with Gasteiger partial charge < -0.3 is 14.8 Å². The van der Waals surface area contributed by atoms with Crippen LogP contribution >= 0.6 is 0 Å². The highest BCUT2D eigenvalue weighted by atomic mass is 16.5. The Morgan fingerprint density at radius 2 is 1.82 bits per heavy atom. The first-order valence-electron chi connectivity index (χ1n) is 4.37. The maximum Gasteiger partial charge on any atom is 0.0643 e. The standard InChI is InChI=1S/C8H15NO2/c1-2-7(4-10-3-1)9-8-5-11-6-8/h7-9H,1-6H2. The average molecular weight is 157 g/mol. The molecule has 2 rings (SSSR count). The van der Waals surface area contributed by atoms with Gasteiger partial charge in [0.1, 0.15) is 0 Å². The van der Waals surface area contributed by atoms with Crippen molar-refractivity contribution in [3.05, 3.63) is 0 Å². The van der Waals surface area contributed by atoms with Crippen molar-refractivity contribution < 1.29 is 9.47 Å². The van der Waals surface area contributed by atoms with Gasteiger partial charge in [0, 0.05) is 12.6 Å². The molecule has 1 atom stereocenters. The summed E-state index contributed by atoms with van der Waals surface area (Å²) < 4.78 is 10.4. The topological polar surface area (TPSA) is 30.5 Å². The van der Waals surface area contributed by atoms with Crippen LogP contribution in [0.5, 0.6) is 0 Å². The van der Waals surface area contributed by atoms with Crippen LogP contribution in [0.2, 0.25) is 0 Å². The third kappa shape index (κ3) is 1.92. The smallest absolute Gasteiger partial charge is 0.0643 e. The fraction of sp³-hybridized carbons (Fsp3) is 1.00. The molecule has 3 heteroatoms. The summed E-state index contributed by atoms with van der Waals surface area (Å²) in [4.78, 5) is 0. The summed E-state index contributed by atoms with van der Waals surface area (Å²) >= 11 is 0. The van der Waals surface area contributed by atoms with Crippen LogP contribution in [0.3, 0.4) is 0 Å². The maximum absolute atomic E-state index is 5.35. The van der Waals surface area contributed by atoms with E-state index in [2.05, 4.69) is 5.32 Å². The molecule has 0 bridgehead atoms. The van der Waals surface area contributed by atoms with Crippen LogP contribution in [0.15, 0.2) is 0 Å². The zero-order chi connectivity index (χ0) is 7.52. The summed E-state index contributed by atoms with van der Waals surface area (Å²) in [5, 5.41) is 3.51. The van der Waals surface area contributed by atoms with Gasteiger partial charge in [-0.3, -0.25) is 0 Å². The lowest BCUT2D eigenvalue weighted by Gasteiger charge is -2.33. The first-order chi connectivity index (χ1) is 5.45. The minimum atomic E-state index is 0.581. The zero-order valence-corrected chi connectivity index (χ0v) is 6.71. The third-order valence-corrected chi connectivity index (χ3v) is 2.27. The van der Waals surface area contributed by atoms with Crippen molar-refractivity contribution in [3.63, 3.8) is 0 Å². The van der Waals surface area contributed by atoms with Crippen molar-refractivity contribution in [2.45, 2.75) is 24.9 Å². The Morgan fingerprint density at radius 1 is 1.00 bits per heavy atom. The van der Waals surface area contributed by atoms with Gasteiger partial charge in [0.15, 0.2) is 0 Å². The molecule has 11 heavy (non-hydrogen) atoms. The Labute approximate surface area is 67.1 Å². The van der Waals surface area contributed by atoms with Crippen LogP contribution in [-0.4, -0.2) is 38.5 Å². The molecule has 0 saturated carbocycles. The van der Waals surface area contributed by atoms with Crippen molar-refractivity contribution in [3.8, 4) is 0 Å². The molecule has 2 aliphatic heterocycles. The van der Waals surface area contributed by atoms with E-state index in [0.717, 1.165) is 26.4 Å². The van der Waals surface area contributed by atoms with Gasteiger partial charge in [-0.05, 0) is 12.8 Å². The second kappa shape index (κ2) is 3.52. The molecule has 0 radical (unpaired) electrons. The van der Waals surface area contributed by atoms with Crippen molar-refractivity contribution >= 4 is 0 Å². The first kappa shape index (κ1) is 7.53. The van der Waals surface area contributed by atoms with E-state index >= 15 is 0 Å². The molecular weight excluding hydrogens is 142 g/mol. The van der Waals surface area contributed by atoms with Crippen LogP contribution in [0.4, 0.5) is 0 Å². The number of hydrogen-bond acceptors (Lipinski definition) is 3. The maximum atomic E-state index is 5.35. The summed E-state index contributed by atoms with van der Waals surface area (Å²) in [7, 11) is 0. The van der Waals surface area contributed by atoms with E-state index in [9.17, 15) is 0 Å². The predicted molar refractivity (Wildman–Crippen MR) is 41.6 cm³/mol. The molecule has 0 amide bonds. The summed E-state index contributed by atoms with van der Waals surface area (Å²) in [5.41, 5.74) is 0. The Balaban J connectivity index is 1.67. The monoisotopic (exact) mass is 157 g/mol. The normalized spacial score (nSPS) is 33.3. The number of ether oxygens (including phenoxy) is 2. The van der Waals surface area contributed by atoms with E-state index in [1.54, 1.807) is 0 Å². The van der Waals surface area contributed by atoms with Gasteiger partial charge in [0.25, 0.3) is 0 Å². The van der Waals surface area contributed by atoms with E-state index in [1.165, 1.54) is 12.8 Å². The molecule has 2 fully saturated rings. The molecule has 1 N–H and O–H groups in total. The number of rotatable bonds is 2. The van der Waals surface area contributed by atoms with Crippen LogP contribution in [0.25, 0.3) is 0 Å². The highest BCUT2D eigenvalue weighted by Gasteiger charge is 2.23. The summed E-state index contributed by atoms with van der Waals surface area (Å²) in [6.07, 6.45) is 2.46. The van der Waals surface area contributed by atoms with Crippen molar-refractivity contribution in [2.24, 2.45) is 0 Å². The van der Waals surface area contributed by atoms with Crippen LogP contribution in [-0.2, 0) is 9.47 Å². The van der Waals surface area contributed by atoms with E-state index in [0.29, 0.717) is 12.1 Å². The average Bonchev–Trinajstić information content (AvgIpc) is 1.99. The molecule has 1 unspecified atom stereocenters. The van der Waals surface area contributed by atoms with Gasteiger partial charge in [-0.25, -0.2) is 0 Å². The minimum absolute atomic E-state index is 0.581. The fourth-order valence-corrected chi connectivity index (χ4v) is 1.54. The largest absolute Gasteiger partial charge is 0.380 e. The Morgan fingerprint density at radius 3 is 2.36 bits per heavy atom. The predicted octanol–water partition coefficient (Wildman–Crippen LogP) is 0.154. The lowest BCUT2D eigenvalue weighted by molar-refractivity contribution is -0.0231. The molecule has 0 aromatic rings. The first-order valence-corrected chi connectivity index (χ1v) is 4.37. The summed E-state index contributed by atoms with van der Waals surface area (Å²) in [5.74, 6) is 0. The Hall–Kier alpha value is -0.120. The molecule has 2 saturated heterocycles. The van der Waals surface area contributed by atoms with Gasteiger partial charge in [-0.15, -0.1) is 0 Å². The van der Waals surface area contributed by atoms with E-state index in [4.69, 9.17) is 9.47 Å². The van der Waals surface area contributed by atoms with Crippen LogP contribution in [0, 0.1) is 0 Å². The van der Waals surface area contributed by atoms with Gasteiger partial charge in [-0.2, -0.15) is 0 Å². The lowest BCUT2D eigenvalue weighted by atomic mass is 10.1. The molecule has 0 spiro atoms. The van der Waals surface area contributed by atoms with Gasteiger partial charge >= 0.3 is 0 Å². The molecule has 0 aliphatic carbocycles.